The standard InChI is InChI=1S/C30H45N5O5S/c1-20(39-17-29-9-7-22(8-10-29)40-18-29)25(27(37)31-2)33-26(36)23-13-35(28(38)24-11-32-19-41-24)16-30(23)14-34(15-30)12-21-5-3-4-6-21/h11,19-23,25H,3-10,12-18H2,1-2H3,(H,31,37)(H,33,36)/t20-,22?,23+,25+,29?/m1/s1. The molecule has 0 aromatic carbocycles. The van der Waals surface area contributed by atoms with Gasteiger partial charge in [-0.25, -0.2) is 0 Å². The first-order valence-electron chi connectivity index (χ1n) is 15.5. The van der Waals surface area contributed by atoms with Crippen LogP contribution in [-0.2, 0) is 19.1 Å². The normalized spacial score (nSPS) is 30.7. The molecule has 2 N–H and O–H groups in total. The van der Waals surface area contributed by atoms with Crippen molar-refractivity contribution in [3.05, 3.63) is 16.6 Å². The number of fused-ring (bicyclic) bond motifs is 3. The number of rotatable bonds is 10. The van der Waals surface area contributed by atoms with Gasteiger partial charge in [-0.15, -0.1) is 11.3 Å². The Kier molecular flexibility index (Phi) is 8.42. The summed E-state index contributed by atoms with van der Waals surface area (Å²) >= 11 is 1.33. The van der Waals surface area contributed by atoms with E-state index in [9.17, 15) is 14.4 Å². The minimum Gasteiger partial charge on any atom is -0.378 e. The highest BCUT2D eigenvalue weighted by atomic mass is 32.1. The second-order valence-electron chi connectivity index (χ2n) is 13.4. The number of nitrogens with one attached hydrogen (secondary N) is 2. The lowest BCUT2D eigenvalue weighted by molar-refractivity contribution is -0.155. The van der Waals surface area contributed by atoms with Crippen molar-refractivity contribution in [3.8, 4) is 0 Å². The molecular formula is C30H45N5O5S. The summed E-state index contributed by atoms with van der Waals surface area (Å²) in [6.45, 7) is 6.64. The van der Waals surface area contributed by atoms with E-state index in [1.165, 1.54) is 37.0 Å². The van der Waals surface area contributed by atoms with Gasteiger partial charge in [0.25, 0.3) is 5.91 Å². The number of likely N-dealkylation sites (N-methyl/N-ethyl adjacent to an activating group) is 1. The lowest BCUT2D eigenvalue weighted by Gasteiger charge is -2.51. The van der Waals surface area contributed by atoms with Crippen molar-refractivity contribution in [3.63, 3.8) is 0 Å². The van der Waals surface area contributed by atoms with Crippen LogP contribution in [0.2, 0.25) is 0 Å². The van der Waals surface area contributed by atoms with Gasteiger partial charge in [0.15, 0.2) is 0 Å². The summed E-state index contributed by atoms with van der Waals surface area (Å²) in [7, 11) is 1.59. The Morgan fingerprint density at radius 1 is 1.17 bits per heavy atom. The number of nitrogens with zero attached hydrogens (tertiary/aromatic N) is 3. The zero-order valence-electron chi connectivity index (χ0n) is 24.4. The Morgan fingerprint density at radius 2 is 1.93 bits per heavy atom. The zero-order chi connectivity index (χ0) is 28.6. The van der Waals surface area contributed by atoms with Crippen molar-refractivity contribution in [1.29, 1.82) is 0 Å². The summed E-state index contributed by atoms with van der Waals surface area (Å²) < 4.78 is 12.3. The van der Waals surface area contributed by atoms with Crippen molar-refractivity contribution in [1.82, 2.24) is 25.4 Å². The van der Waals surface area contributed by atoms with Crippen LogP contribution < -0.4 is 10.6 Å². The first-order chi connectivity index (χ1) is 19.8. The van der Waals surface area contributed by atoms with Crippen molar-refractivity contribution in [2.24, 2.45) is 22.7 Å². The van der Waals surface area contributed by atoms with Crippen molar-refractivity contribution in [2.45, 2.75) is 76.5 Å². The van der Waals surface area contributed by atoms with E-state index < -0.39 is 12.1 Å². The van der Waals surface area contributed by atoms with Crippen LogP contribution in [-0.4, -0.2) is 104 Å². The Balaban J connectivity index is 1.13. The van der Waals surface area contributed by atoms with E-state index in [-0.39, 0.29) is 34.5 Å². The summed E-state index contributed by atoms with van der Waals surface area (Å²) in [5.74, 6) is -0.170. The van der Waals surface area contributed by atoms with Gasteiger partial charge >= 0.3 is 0 Å². The van der Waals surface area contributed by atoms with Crippen molar-refractivity contribution < 1.29 is 23.9 Å². The number of ether oxygens (including phenoxy) is 2. The number of hydrogen-bond donors (Lipinski definition) is 2. The van der Waals surface area contributed by atoms with E-state index in [1.54, 1.807) is 18.8 Å². The molecule has 1 spiro atoms. The number of hydrogen-bond acceptors (Lipinski definition) is 8. The fourth-order valence-corrected chi connectivity index (χ4v) is 8.61. The number of carbonyl (C=O) groups is 3. The molecule has 2 aliphatic carbocycles. The van der Waals surface area contributed by atoms with Crippen LogP contribution in [0.3, 0.4) is 0 Å². The maximum atomic E-state index is 14.0. The number of carbonyl (C=O) groups excluding carboxylic acids is 3. The van der Waals surface area contributed by atoms with Crippen LogP contribution >= 0.6 is 11.3 Å². The Labute approximate surface area is 246 Å². The number of thiazole rings is 1. The molecule has 226 valence electrons. The first-order valence-corrected chi connectivity index (χ1v) is 16.3. The van der Waals surface area contributed by atoms with Crippen LogP contribution in [0.1, 0.15) is 68.0 Å². The lowest BCUT2D eigenvalue weighted by atomic mass is 9.70. The highest BCUT2D eigenvalue weighted by Gasteiger charge is 2.58. The molecule has 6 aliphatic rings. The molecule has 3 atom stereocenters. The molecule has 7 rings (SSSR count). The van der Waals surface area contributed by atoms with E-state index in [1.807, 2.05) is 11.8 Å². The quantitative estimate of drug-likeness (QED) is 0.432. The molecule has 0 unspecified atom stereocenters. The topological polar surface area (TPSA) is 113 Å². The van der Waals surface area contributed by atoms with E-state index in [0.29, 0.717) is 37.3 Å². The van der Waals surface area contributed by atoms with Gasteiger partial charge in [-0.1, -0.05) is 12.8 Å². The van der Waals surface area contributed by atoms with E-state index in [2.05, 4.69) is 20.5 Å². The Hall–Kier alpha value is -2.08. The van der Waals surface area contributed by atoms with Gasteiger partial charge in [0.1, 0.15) is 10.9 Å². The van der Waals surface area contributed by atoms with E-state index >= 15 is 0 Å². The maximum absolute atomic E-state index is 14.0. The van der Waals surface area contributed by atoms with Crippen molar-refractivity contribution in [2.75, 3.05) is 53.0 Å². The molecular weight excluding hydrogens is 542 g/mol. The number of aromatic nitrogens is 1. The predicted octanol–water partition coefficient (Wildman–Crippen LogP) is 2.30. The monoisotopic (exact) mass is 587 g/mol. The third-order valence-electron chi connectivity index (χ3n) is 10.5. The van der Waals surface area contributed by atoms with E-state index in [0.717, 1.165) is 51.2 Å². The third kappa shape index (κ3) is 5.92. The van der Waals surface area contributed by atoms with Crippen LogP contribution in [0.4, 0.5) is 0 Å². The van der Waals surface area contributed by atoms with Gasteiger partial charge in [-0.3, -0.25) is 19.4 Å². The second kappa shape index (κ2) is 11.9. The van der Waals surface area contributed by atoms with Crippen LogP contribution in [0, 0.1) is 22.7 Å². The Bertz CT molecular complexity index is 1080. The second-order valence-corrected chi connectivity index (χ2v) is 14.3. The van der Waals surface area contributed by atoms with Gasteiger partial charge in [-0.2, -0.15) is 0 Å². The molecule has 10 nitrogen and oxygen atoms in total. The molecule has 5 heterocycles. The zero-order valence-corrected chi connectivity index (χ0v) is 25.3. The molecule has 6 fully saturated rings. The summed E-state index contributed by atoms with van der Waals surface area (Å²) in [6, 6.07) is -0.817. The fraction of sp³-hybridized carbons (Fsp3) is 0.800. The van der Waals surface area contributed by atoms with Gasteiger partial charge in [0.2, 0.25) is 11.8 Å². The van der Waals surface area contributed by atoms with Gasteiger partial charge < -0.3 is 29.9 Å². The van der Waals surface area contributed by atoms with Gasteiger partial charge in [0.05, 0.1) is 43.0 Å². The molecule has 41 heavy (non-hydrogen) atoms. The third-order valence-corrected chi connectivity index (χ3v) is 11.3. The largest absolute Gasteiger partial charge is 0.378 e. The summed E-state index contributed by atoms with van der Waals surface area (Å²) in [4.78, 5) is 49.3. The Morgan fingerprint density at radius 3 is 2.56 bits per heavy atom. The minimum atomic E-state index is -0.817. The summed E-state index contributed by atoms with van der Waals surface area (Å²) in [5, 5.41) is 5.79. The average Bonchev–Trinajstić information content (AvgIpc) is 3.76. The molecule has 4 aliphatic heterocycles. The van der Waals surface area contributed by atoms with E-state index in [4.69, 9.17) is 9.47 Å². The molecule has 11 heteroatoms. The molecule has 4 saturated heterocycles. The molecule has 2 bridgehead atoms. The van der Waals surface area contributed by atoms with Crippen LogP contribution in [0.25, 0.3) is 0 Å². The molecule has 2 saturated carbocycles. The highest BCUT2D eigenvalue weighted by Crippen LogP contribution is 2.46. The smallest absolute Gasteiger partial charge is 0.265 e. The van der Waals surface area contributed by atoms with Gasteiger partial charge in [0, 0.05) is 50.6 Å². The summed E-state index contributed by atoms with van der Waals surface area (Å²) in [5.41, 5.74) is 1.36. The van der Waals surface area contributed by atoms with Crippen LogP contribution in [0.5, 0.6) is 0 Å². The molecule has 3 amide bonds. The van der Waals surface area contributed by atoms with Crippen molar-refractivity contribution >= 4 is 29.1 Å². The highest BCUT2D eigenvalue weighted by molar-refractivity contribution is 7.11. The van der Waals surface area contributed by atoms with Gasteiger partial charge in [-0.05, 0) is 51.4 Å². The number of likely N-dealkylation sites (tertiary alicyclic amines) is 2. The average molecular weight is 588 g/mol. The maximum Gasteiger partial charge on any atom is 0.265 e. The fourth-order valence-electron chi connectivity index (χ4n) is 8.02. The summed E-state index contributed by atoms with van der Waals surface area (Å²) in [6.07, 6.45) is 10.9. The predicted molar refractivity (Wildman–Crippen MR) is 154 cm³/mol. The number of amides is 3. The lowest BCUT2D eigenvalue weighted by Crippen LogP contribution is -2.64. The molecule has 0 radical (unpaired) electrons. The molecule has 1 aromatic rings. The SMILES string of the molecule is CNC(=O)[C@@H](NC(=O)[C@@H]1CN(C(=O)c2cncs2)CC12CN(CC1CCCC1)C2)[C@@H](C)OCC12CCC(CC1)OC2. The van der Waals surface area contributed by atoms with Crippen LogP contribution in [0.15, 0.2) is 11.7 Å². The molecule has 1 aromatic heterocycles. The first kappa shape index (κ1) is 29.0. The minimum absolute atomic E-state index is 0.00197.